The molecular weight excluding hydrogens is 467 g/mol. The van der Waals surface area contributed by atoms with E-state index >= 15 is 0 Å². The molecule has 0 aromatic heterocycles. The summed E-state index contributed by atoms with van der Waals surface area (Å²) in [4.78, 5) is 41.0. The second-order valence-electron chi connectivity index (χ2n) is 9.52. The van der Waals surface area contributed by atoms with Crippen LogP contribution in [0.25, 0.3) is 0 Å². The van der Waals surface area contributed by atoms with Gasteiger partial charge in [-0.3, -0.25) is 19.3 Å². The highest BCUT2D eigenvalue weighted by molar-refractivity contribution is 7.44. The van der Waals surface area contributed by atoms with Crippen LogP contribution in [0.2, 0.25) is 0 Å². The first-order chi connectivity index (χ1) is 16.6. The predicted octanol–water partition coefficient (Wildman–Crippen LogP) is 3.81. The van der Waals surface area contributed by atoms with Gasteiger partial charge in [0.05, 0.1) is 36.3 Å². The minimum Gasteiger partial charge on any atom is -0.340 e. The van der Waals surface area contributed by atoms with Crippen molar-refractivity contribution in [2.75, 3.05) is 26.2 Å². The second kappa shape index (κ2) is 12.0. The van der Waals surface area contributed by atoms with Gasteiger partial charge in [-0.1, -0.05) is 19.1 Å². The summed E-state index contributed by atoms with van der Waals surface area (Å²) in [5, 5.41) is 8.90. The smallest absolute Gasteiger partial charge is 0.261 e. The fourth-order valence-corrected chi connectivity index (χ4v) is 6.31. The lowest BCUT2D eigenvalue weighted by Gasteiger charge is -2.37. The number of likely N-dealkylation sites (tertiary alicyclic amines) is 1. The summed E-state index contributed by atoms with van der Waals surface area (Å²) >= 11 is 0. The van der Waals surface area contributed by atoms with Crippen LogP contribution in [0.3, 0.4) is 0 Å². The number of nitrogens with zero attached hydrogens (tertiary/aromatic N) is 4. The summed E-state index contributed by atoms with van der Waals surface area (Å²) in [5.41, 5.74) is 0.774. The molecule has 2 unspecified atom stereocenters. The van der Waals surface area contributed by atoms with E-state index < -0.39 is 8.53 Å². The number of nitriles is 1. The van der Waals surface area contributed by atoms with Crippen LogP contribution in [-0.4, -0.2) is 76.6 Å². The standard InChI is InChI=1S/C25H35N4O5P/c1-17(2)29(18(3)4)35(33-14-8-12-26)34-22-16-27(15-19(22)5)23(30)11-13-28-24(31)20-9-6-7-10-21(20)25(28)32/h6-7,9-10,17-19,22H,8,11,13-16H2,1-5H3/t19?,22-,35?/m0/s1. The highest BCUT2D eigenvalue weighted by atomic mass is 31.2. The Labute approximate surface area is 208 Å². The molecule has 9 nitrogen and oxygen atoms in total. The third-order valence-electron chi connectivity index (χ3n) is 6.21. The summed E-state index contributed by atoms with van der Waals surface area (Å²) in [7, 11) is -1.40. The summed E-state index contributed by atoms with van der Waals surface area (Å²) in [6.07, 6.45) is 0.156. The second-order valence-corrected chi connectivity index (χ2v) is 10.9. The van der Waals surface area contributed by atoms with Crippen LogP contribution >= 0.6 is 8.53 Å². The van der Waals surface area contributed by atoms with Crippen molar-refractivity contribution in [3.05, 3.63) is 35.4 Å². The third-order valence-corrected chi connectivity index (χ3v) is 8.37. The first-order valence-electron chi connectivity index (χ1n) is 12.1. The van der Waals surface area contributed by atoms with E-state index in [0.717, 1.165) is 4.90 Å². The molecule has 0 radical (unpaired) electrons. The maximum Gasteiger partial charge on any atom is 0.261 e. The summed E-state index contributed by atoms with van der Waals surface area (Å²) in [6, 6.07) is 9.20. The van der Waals surface area contributed by atoms with Gasteiger partial charge >= 0.3 is 0 Å². The van der Waals surface area contributed by atoms with Gasteiger partial charge in [-0.05, 0) is 39.8 Å². The van der Waals surface area contributed by atoms with Crippen LogP contribution in [0.4, 0.5) is 0 Å². The molecule has 35 heavy (non-hydrogen) atoms. The zero-order valence-corrected chi connectivity index (χ0v) is 22.0. The first kappa shape index (κ1) is 27.2. The van der Waals surface area contributed by atoms with Crippen molar-refractivity contribution in [3.63, 3.8) is 0 Å². The lowest BCUT2D eigenvalue weighted by atomic mass is 10.1. The zero-order chi connectivity index (χ0) is 25.7. The molecule has 2 heterocycles. The molecule has 3 amide bonds. The van der Waals surface area contributed by atoms with Crippen LogP contribution in [0.15, 0.2) is 24.3 Å². The van der Waals surface area contributed by atoms with Crippen molar-refractivity contribution in [1.29, 1.82) is 5.26 Å². The Bertz CT molecular complexity index is 936. The van der Waals surface area contributed by atoms with Crippen LogP contribution in [0, 0.1) is 17.2 Å². The lowest BCUT2D eigenvalue weighted by Crippen LogP contribution is -2.37. The van der Waals surface area contributed by atoms with Crippen molar-refractivity contribution < 1.29 is 23.4 Å². The van der Waals surface area contributed by atoms with Gasteiger partial charge < -0.3 is 13.9 Å². The molecule has 3 rings (SSSR count). The maximum absolute atomic E-state index is 13.0. The normalized spacial score (nSPS) is 20.8. The van der Waals surface area contributed by atoms with Crippen molar-refractivity contribution in [2.24, 2.45) is 5.92 Å². The van der Waals surface area contributed by atoms with E-state index in [1.807, 2.05) is 6.92 Å². The lowest BCUT2D eigenvalue weighted by molar-refractivity contribution is -0.130. The summed E-state index contributed by atoms with van der Waals surface area (Å²) < 4.78 is 14.6. The van der Waals surface area contributed by atoms with Gasteiger partial charge in [0.25, 0.3) is 20.3 Å². The molecule has 0 N–H and O–H groups in total. The van der Waals surface area contributed by atoms with Crippen LogP contribution < -0.4 is 0 Å². The fraction of sp³-hybridized carbons (Fsp3) is 0.600. The average molecular weight is 503 g/mol. The third kappa shape index (κ3) is 6.25. The van der Waals surface area contributed by atoms with Crippen LogP contribution in [0.1, 0.15) is 68.2 Å². The number of hydrogen-bond acceptors (Lipinski definition) is 7. The Hall–Kier alpha value is -2.37. The molecule has 1 aromatic rings. The highest BCUT2D eigenvalue weighted by Gasteiger charge is 2.39. The number of benzene rings is 1. The van der Waals surface area contributed by atoms with E-state index in [1.54, 1.807) is 29.2 Å². The Kier molecular flexibility index (Phi) is 9.37. The van der Waals surface area contributed by atoms with Gasteiger partial charge in [-0.2, -0.15) is 5.26 Å². The van der Waals surface area contributed by atoms with Crippen LogP contribution in [-0.2, 0) is 13.8 Å². The minimum atomic E-state index is -1.40. The highest BCUT2D eigenvalue weighted by Crippen LogP contribution is 2.48. The van der Waals surface area contributed by atoms with E-state index in [0.29, 0.717) is 30.8 Å². The van der Waals surface area contributed by atoms with E-state index in [1.165, 1.54) is 0 Å². The number of rotatable bonds is 11. The van der Waals surface area contributed by atoms with E-state index in [2.05, 4.69) is 38.4 Å². The number of amides is 3. The van der Waals surface area contributed by atoms with Crippen molar-refractivity contribution >= 4 is 26.2 Å². The van der Waals surface area contributed by atoms with E-state index in [4.69, 9.17) is 14.3 Å². The number of fused-ring (bicyclic) bond motifs is 1. The molecule has 190 valence electrons. The van der Waals surface area contributed by atoms with Crippen LogP contribution in [0.5, 0.6) is 0 Å². The summed E-state index contributed by atoms with van der Waals surface area (Å²) in [5.74, 6) is -0.711. The molecule has 2 aliphatic heterocycles. The number of hydrogen-bond donors (Lipinski definition) is 0. The monoisotopic (exact) mass is 502 g/mol. The summed E-state index contributed by atoms with van der Waals surface area (Å²) in [6.45, 7) is 11.7. The quantitative estimate of drug-likeness (QED) is 0.258. The molecule has 3 atom stereocenters. The van der Waals surface area contributed by atoms with E-state index in [9.17, 15) is 14.4 Å². The van der Waals surface area contributed by atoms with Crippen molar-refractivity contribution in [1.82, 2.24) is 14.5 Å². The topological polar surface area (TPSA) is 103 Å². The Balaban J connectivity index is 1.59. The first-order valence-corrected chi connectivity index (χ1v) is 13.3. The maximum atomic E-state index is 13.0. The molecule has 0 aliphatic carbocycles. The molecule has 10 heteroatoms. The Morgan fingerprint density at radius 1 is 1.14 bits per heavy atom. The molecule has 1 aromatic carbocycles. The number of carbonyl (C=O) groups excluding carboxylic acids is 3. The molecular formula is C25H35N4O5P. The molecule has 0 bridgehead atoms. The molecule has 0 saturated carbocycles. The predicted molar refractivity (Wildman–Crippen MR) is 132 cm³/mol. The molecule has 1 saturated heterocycles. The van der Waals surface area contributed by atoms with Gasteiger partial charge in [0, 0.05) is 44.1 Å². The van der Waals surface area contributed by atoms with Gasteiger partial charge in [0.2, 0.25) is 5.91 Å². The van der Waals surface area contributed by atoms with Gasteiger partial charge in [-0.15, -0.1) is 0 Å². The largest absolute Gasteiger partial charge is 0.340 e. The fourth-order valence-electron chi connectivity index (χ4n) is 4.50. The van der Waals surface area contributed by atoms with Gasteiger partial charge in [-0.25, -0.2) is 4.67 Å². The van der Waals surface area contributed by atoms with Gasteiger partial charge in [0.15, 0.2) is 0 Å². The zero-order valence-electron chi connectivity index (χ0n) is 21.1. The molecule has 0 spiro atoms. The average Bonchev–Trinajstić information content (AvgIpc) is 3.29. The van der Waals surface area contributed by atoms with Crippen molar-refractivity contribution in [3.8, 4) is 6.07 Å². The Morgan fingerprint density at radius 3 is 2.29 bits per heavy atom. The van der Waals surface area contributed by atoms with Gasteiger partial charge in [0.1, 0.15) is 0 Å². The molecule has 1 fully saturated rings. The SMILES string of the molecule is CC1CN(C(=O)CCN2C(=O)c3ccccc3C2=O)C[C@@H]1OP(OCCC#N)N(C(C)C)C(C)C. The Morgan fingerprint density at radius 2 is 1.74 bits per heavy atom. The minimum absolute atomic E-state index is 0.0556. The van der Waals surface area contributed by atoms with Crippen molar-refractivity contribution in [2.45, 2.75) is 65.6 Å². The molecule has 2 aliphatic rings. The number of carbonyl (C=O) groups is 3. The number of imide groups is 1. The van der Waals surface area contributed by atoms with E-state index in [-0.39, 0.29) is 61.2 Å².